The summed E-state index contributed by atoms with van der Waals surface area (Å²) in [7, 11) is 0. The van der Waals surface area contributed by atoms with Gasteiger partial charge in [0.15, 0.2) is 0 Å². The zero-order valence-electron chi connectivity index (χ0n) is 11.2. The van der Waals surface area contributed by atoms with Gasteiger partial charge in [-0.2, -0.15) is 0 Å². The lowest BCUT2D eigenvalue weighted by Gasteiger charge is -2.19. The van der Waals surface area contributed by atoms with Crippen LogP contribution >= 0.6 is 0 Å². The van der Waals surface area contributed by atoms with E-state index in [1.165, 1.54) is 44.3 Å². The van der Waals surface area contributed by atoms with Crippen LogP contribution in [0, 0.1) is 0 Å². The van der Waals surface area contributed by atoms with Crippen molar-refractivity contribution in [2.45, 2.75) is 32.2 Å². The minimum atomic E-state index is 0.876. The predicted molar refractivity (Wildman–Crippen MR) is 77.5 cm³/mol. The summed E-state index contributed by atoms with van der Waals surface area (Å²) in [6, 6.07) is 8.08. The molecule has 0 aliphatic carbocycles. The van der Waals surface area contributed by atoms with E-state index in [4.69, 9.17) is 5.73 Å². The Morgan fingerprint density at radius 1 is 1.06 bits per heavy atom. The molecular weight excluding hydrogens is 222 g/mol. The maximum absolute atomic E-state index is 5.92. The van der Waals surface area contributed by atoms with Gasteiger partial charge in [0.05, 0.1) is 0 Å². The Kier molecular flexibility index (Phi) is 5.49. The third-order valence-electron chi connectivity index (χ3n) is 3.67. The molecule has 0 unspecified atom stereocenters. The predicted octanol–water partition coefficient (Wildman–Crippen LogP) is 2.23. The lowest BCUT2D eigenvalue weighted by atomic mass is 10.2. The second kappa shape index (κ2) is 7.39. The van der Waals surface area contributed by atoms with E-state index in [9.17, 15) is 0 Å². The van der Waals surface area contributed by atoms with Crippen LogP contribution in [0.2, 0.25) is 0 Å². The molecule has 0 aromatic heterocycles. The molecule has 3 nitrogen and oxygen atoms in total. The fraction of sp³-hybridized carbons (Fsp3) is 0.600. The van der Waals surface area contributed by atoms with Gasteiger partial charge < -0.3 is 16.0 Å². The van der Waals surface area contributed by atoms with Crippen molar-refractivity contribution in [3.8, 4) is 0 Å². The second-order valence-electron chi connectivity index (χ2n) is 5.13. The van der Waals surface area contributed by atoms with E-state index < -0.39 is 0 Å². The highest BCUT2D eigenvalue weighted by Gasteiger charge is 2.07. The summed E-state index contributed by atoms with van der Waals surface area (Å²) in [5.74, 6) is 0. The summed E-state index contributed by atoms with van der Waals surface area (Å²) in [6.45, 7) is 5.63. The molecule has 0 radical (unpaired) electrons. The van der Waals surface area contributed by atoms with Crippen LogP contribution in [-0.2, 0) is 6.54 Å². The molecule has 1 heterocycles. The second-order valence-corrected chi connectivity index (χ2v) is 5.13. The normalized spacial score (nSPS) is 17.6. The molecule has 0 saturated carbocycles. The van der Waals surface area contributed by atoms with Crippen LogP contribution in [0.5, 0.6) is 0 Å². The summed E-state index contributed by atoms with van der Waals surface area (Å²) in [5, 5.41) is 3.49. The molecule has 3 N–H and O–H groups in total. The molecule has 0 amide bonds. The molecule has 1 saturated heterocycles. The minimum absolute atomic E-state index is 0.876. The van der Waals surface area contributed by atoms with Gasteiger partial charge in [0.25, 0.3) is 0 Å². The average Bonchev–Trinajstić information content (AvgIpc) is 2.65. The van der Waals surface area contributed by atoms with Crippen molar-refractivity contribution in [3.05, 3.63) is 29.8 Å². The van der Waals surface area contributed by atoms with Crippen LogP contribution in [0.3, 0.4) is 0 Å². The van der Waals surface area contributed by atoms with Crippen LogP contribution in [0.25, 0.3) is 0 Å². The summed E-state index contributed by atoms with van der Waals surface area (Å²) in [5.41, 5.74) is 8.01. The Morgan fingerprint density at radius 3 is 2.50 bits per heavy atom. The van der Waals surface area contributed by atoms with Gasteiger partial charge >= 0.3 is 0 Å². The monoisotopic (exact) mass is 247 g/mol. The number of para-hydroxylation sites is 1. The molecule has 0 spiro atoms. The first kappa shape index (κ1) is 13.4. The standard InChI is InChI=1S/C15H25N3/c16-15-8-4-3-7-14(15)13-17-9-12-18-10-5-1-2-6-11-18/h3-4,7-8,17H,1-2,5-6,9-13,16H2. The molecule has 1 aromatic rings. The van der Waals surface area contributed by atoms with Crippen molar-refractivity contribution in [2.75, 3.05) is 31.9 Å². The van der Waals surface area contributed by atoms with Crippen LogP contribution in [0.4, 0.5) is 5.69 Å². The number of nitrogen functional groups attached to an aromatic ring is 1. The molecule has 0 bridgehead atoms. The molecule has 0 atom stereocenters. The Labute approximate surface area is 110 Å². The molecule has 1 aliphatic rings. The average molecular weight is 247 g/mol. The molecule has 3 heteroatoms. The lowest BCUT2D eigenvalue weighted by molar-refractivity contribution is 0.284. The first-order valence-electron chi connectivity index (χ1n) is 7.13. The molecule has 1 fully saturated rings. The maximum atomic E-state index is 5.92. The summed E-state index contributed by atoms with van der Waals surface area (Å²) < 4.78 is 0. The highest BCUT2D eigenvalue weighted by atomic mass is 15.1. The lowest BCUT2D eigenvalue weighted by Crippen LogP contribution is -2.32. The maximum Gasteiger partial charge on any atom is 0.0359 e. The van der Waals surface area contributed by atoms with Crippen LogP contribution < -0.4 is 11.1 Å². The molecule has 2 rings (SSSR count). The topological polar surface area (TPSA) is 41.3 Å². The van der Waals surface area contributed by atoms with Gasteiger partial charge in [-0.15, -0.1) is 0 Å². The quantitative estimate of drug-likeness (QED) is 0.619. The van der Waals surface area contributed by atoms with Crippen LogP contribution in [0.1, 0.15) is 31.2 Å². The molecular formula is C15H25N3. The van der Waals surface area contributed by atoms with Crippen molar-refractivity contribution in [1.29, 1.82) is 0 Å². The van der Waals surface area contributed by atoms with Crippen molar-refractivity contribution in [1.82, 2.24) is 10.2 Å². The molecule has 100 valence electrons. The van der Waals surface area contributed by atoms with Crippen molar-refractivity contribution < 1.29 is 0 Å². The van der Waals surface area contributed by atoms with Gasteiger partial charge in [-0.3, -0.25) is 0 Å². The van der Waals surface area contributed by atoms with E-state index in [1.54, 1.807) is 0 Å². The fourth-order valence-corrected chi connectivity index (χ4v) is 2.52. The number of rotatable bonds is 5. The van der Waals surface area contributed by atoms with Gasteiger partial charge in [0, 0.05) is 25.3 Å². The van der Waals surface area contributed by atoms with Gasteiger partial charge in [-0.1, -0.05) is 31.0 Å². The number of benzene rings is 1. The number of nitrogens with two attached hydrogens (primary N) is 1. The van der Waals surface area contributed by atoms with Gasteiger partial charge in [-0.05, 0) is 37.6 Å². The SMILES string of the molecule is Nc1ccccc1CNCCN1CCCCCC1. The highest BCUT2D eigenvalue weighted by molar-refractivity contribution is 5.46. The van der Waals surface area contributed by atoms with E-state index in [1.807, 2.05) is 18.2 Å². The number of nitrogens with zero attached hydrogens (tertiary/aromatic N) is 1. The number of nitrogens with one attached hydrogen (secondary N) is 1. The third-order valence-corrected chi connectivity index (χ3v) is 3.67. The summed E-state index contributed by atoms with van der Waals surface area (Å²) in [4.78, 5) is 2.58. The van der Waals surface area contributed by atoms with Crippen LogP contribution in [-0.4, -0.2) is 31.1 Å². The first-order valence-corrected chi connectivity index (χ1v) is 7.13. The largest absolute Gasteiger partial charge is 0.398 e. The first-order chi connectivity index (χ1) is 8.86. The van der Waals surface area contributed by atoms with Gasteiger partial charge in [0.1, 0.15) is 0 Å². The van der Waals surface area contributed by atoms with Gasteiger partial charge in [0.2, 0.25) is 0 Å². The Hall–Kier alpha value is -1.06. The van der Waals surface area contributed by atoms with Crippen LogP contribution in [0.15, 0.2) is 24.3 Å². The van der Waals surface area contributed by atoms with Gasteiger partial charge in [-0.25, -0.2) is 0 Å². The highest BCUT2D eigenvalue weighted by Crippen LogP contribution is 2.10. The number of likely N-dealkylation sites (tertiary alicyclic amines) is 1. The van der Waals surface area contributed by atoms with E-state index in [0.717, 1.165) is 25.3 Å². The molecule has 1 aliphatic heterocycles. The number of hydrogen-bond acceptors (Lipinski definition) is 3. The molecule has 18 heavy (non-hydrogen) atoms. The Morgan fingerprint density at radius 2 is 1.78 bits per heavy atom. The Balaban J connectivity index is 1.65. The smallest absolute Gasteiger partial charge is 0.0359 e. The third kappa shape index (κ3) is 4.31. The minimum Gasteiger partial charge on any atom is -0.398 e. The number of hydrogen-bond donors (Lipinski definition) is 2. The zero-order chi connectivity index (χ0) is 12.6. The summed E-state index contributed by atoms with van der Waals surface area (Å²) in [6.07, 6.45) is 5.55. The van der Waals surface area contributed by atoms with Crippen molar-refractivity contribution >= 4 is 5.69 Å². The van der Waals surface area contributed by atoms with E-state index in [-0.39, 0.29) is 0 Å². The van der Waals surface area contributed by atoms with E-state index in [2.05, 4.69) is 16.3 Å². The van der Waals surface area contributed by atoms with E-state index >= 15 is 0 Å². The fourth-order valence-electron chi connectivity index (χ4n) is 2.52. The number of anilines is 1. The molecule has 1 aromatic carbocycles. The van der Waals surface area contributed by atoms with Crippen molar-refractivity contribution in [3.63, 3.8) is 0 Å². The van der Waals surface area contributed by atoms with Crippen molar-refractivity contribution in [2.24, 2.45) is 0 Å². The Bertz CT molecular complexity index is 343. The van der Waals surface area contributed by atoms with E-state index in [0.29, 0.717) is 0 Å². The summed E-state index contributed by atoms with van der Waals surface area (Å²) >= 11 is 0. The zero-order valence-corrected chi connectivity index (χ0v) is 11.2.